The predicted octanol–water partition coefficient (Wildman–Crippen LogP) is 1.69. The van der Waals surface area contributed by atoms with Crippen LogP contribution in [-0.4, -0.2) is 35.1 Å². The molecule has 0 atom stereocenters. The monoisotopic (exact) mass is 206 g/mol. The van der Waals surface area contributed by atoms with Crippen molar-refractivity contribution in [3.8, 4) is 0 Å². The van der Waals surface area contributed by atoms with Gasteiger partial charge < -0.3 is 4.74 Å². The van der Waals surface area contributed by atoms with Crippen molar-refractivity contribution < 1.29 is 4.74 Å². The zero-order chi connectivity index (χ0) is 10.7. The van der Waals surface area contributed by atoms with Gasteiger partial charge in [-0.15, -0.1) is 0 Å². The average Bonchev–Trinajstić information content (AvgIpc) is 2.16. The highest BCUT2D eigenvalue weighted by molar-refractivity contribution is 5.02. The van der Waals surface area contributed by atoms with Gasteiger partial charge in [-0.3, -0.25) is 9.88 Å². The van der Waals surface area contributed by atoms with E-state index in [0.717, 1.165) is 18.8 Å². The van der Waals surface area contributed by atoms with Crippen molar-refractivity contribution in [2.75, 3.05) is 13.1 Å². The van der Waals surface area contributed by atoms with Gasteiger partial charge in [-0.2, -0.15) is 0 Å². The van der Waals surface area contributed by atoms with Gasteiger partial charge in [-0.1, -0.05) is 6.07 Å². The van der Waals surface area contributed by atoms with E-state index in [1.165, 1.54) is 0 Å². The topological polar surface area (TPSA) is 25.4 Å². The zero-order valence-corrected chi connectivity index (χ0v) is 9.39. The molecule has 82 valence electrons. The van der Waals surface area contributed by atoms with Crippen LogP contribution >= 0.6 is 0 Å². The molecule has 1 saturated heterocycles. The van der Waals surface area contributed by atoms with E-state index in [-0.39, 0.29) is 0 Å². The molecule has 1 fully saturated rings. The number of hydrogen-bond donors (Lipinski definition) is 0. The molecule has 0 N–H and O–H groups in total. The Morgan fingerprint density at radius 1 is 1.47 bits per heavy atom. The van der Waals surface area contributed by atoms with Crippen molar-refractivity contribution in [2.24, 2.45) is 0 Å². The Kier molecular flexibility index (Phi) is 3.34. The molecule has 0 radical (unpaired) electrons. The zero-order valence-electron chi connectivity index (χ0n) is 9.39. The molecule has 0 bridgehead atoms. The van der Waals surface area contributed by atoms with Crippen molar-refractivity contribution in [1.82, 2.24) is 9.88 Å². The van der Waals surface area contributed by atoms with Crippen LogP contribution in [0.2, 0.25) is 0 Å². The van der Waals surface area contributed by atoms with Crippen molar-refractivity contribution in [3.63, 3.8) is 0 Å². The number of pyridine rings is 1. The minimum atomic E-state index is 0.398. The molecule has 2 rings (SSSR count). The summed E-state index contributed by atoms with van der Waals surface area (Å²) in [6.45, 7) is 7.19. The third-order valence-corrected chi connectivity index (χ3v) is 2.80. The second-order valence-corrected chi connectivity index (χ2v) is 4.30. The SMILES string of the molecule is CC(C)N1CC(OCc2ccccn2)C1. The number of ether oxygens (including phenoxy) is 1. The van der Waals surface area contributed by atoms with Gasteiger partial charge in [0, 0.05) is 25.3 Å². The predicted molar refractivity (Wildman–Crippen MR) is 59.5 cm³/mol. The van der Waals surface area contributed by atoms with E-state index in [9.17, 15) is 0 Å². The lowest BCUT2D eigenvalue weighted by molar-refractivity contribution is -0.0747. The molecular formula is C12H18N2O. The van der Waals surface area contributed by atoms with Gasteiger partial charge in [-0.25, -0.2) is 0 Å². The Labute approximate surface area is 91.1 Å². The summed E-state index contributed by atoms with van der Waals surface area (Å²) in [5.74, 6) is 0. The summed E-state index contributed by atoms with van der Waals surface area (Å²) in [5.41, 5.74) is 1.01. The van der Waals surface area contributed by atoms with Crippen molar-refractivity contribution in [2.45, 2.75) is 32.6 Å². The van der Waals surface area contributed by atoms with E-state index in [1.807, 2.05) is 18.2 Å². The van der Waals surface area contributed by atoms with Crippen LogP contribution in [0.4, 0.5) is 0 Å². The van der Waals surface area contributed by atoms with Gasteiger partial charge in [-0.05, 0) is 26.0 Å². The van der Waals surface area contributed by atoms with Crippen LogP contribution in [0.5, 0.6) is 0 Å². The van der Waals surface area contributed by atoms with Gasteiger partial charge >= 0.3 is 0 Å². The van der Waals surface area contributed by atoms with Gasteiger partial charge in [0.2, 0.25) is 0 Å². The van der Waals surface area contributed by atoms with Gasteiger partial charge in [0.15, 0.2) is 0 Å². The second kappa shape index (κ2) is 4.73. The summed E-state index contributed by atoms with van der Waals surface area (Å²) in [6.07, 6.45) is 2.20. The maximum Gasteiger partial charge on any atom is 0.0892 e. The summed E-state index contributed by atoms with van der Waals surface area (Å²) in [4.78, 5) is 6.63. The Bertz CT molecular complexity index is 294. The van der Waals surface area contributed by atoms with E-state index >= 15 is 0 Å². The molecular weight excluding hydrogens is 188 g/mol. The standard InChI is InChI=1S/C12H18N2O/c1-10(2)14-7-12(8-14)15-9-11-5-3-4-6-13-11/h3-6,10,12H,7-9H2,1-2H3. The van der Waals surface area contributed by atoms with Crippen molar-refractivity contribution >= 4 is 0 Å². The lowest BCUT2D eigenvalue weighted by Gasteiger charge is -2.41. The molecule has 0 aliphatic carbocycles. The molecule has 3 nitrogen and oxygen atoms in total. The molecule has 0 amide bonds. The number of rotatable bonds is 4. The smallest absolute Gasteiger partial charge is 0.0892 e. The fourth-order valence-electron chi connectivity index (χ4n) is 1.68. The molecule has 1 aromatic heterocycles. The molecule has 1 aromatic rings. The highest BCUT2D eigenvalue weighted by atomic mass is 16.5. The van der Waals surface area contributed by atoms with E-state index in [4.69, 9.17) is 4.74 Å². The maximum atomic E-state index is 5.74. The molecule has 2 heterocycles. The fourth-order valence-corrected chi connectivity index (χ4v) is 1.68. The molecule has 1 aliphatic heterocycles. The minimum absolute atomic E-state index is 0.398. The second-order valence-electron chi connectivity index (χ2n) is 4.30. The first-order valence-electron chi connectivity index (χ1n) is 5.51. The molecule has 0 unspecified atom stereocenters. The van der Waals surface area contributed by atoms with Gasteiger partial charge in [0.1, 0.15) is 0 Å². The largest absolute Gasteiger partial charge is 0.369 e. The summed E-state index contributed by atoms with van der Waals surface area (Å²) in [5, 5.41) is 0. The maximum absolute atomic E-state index is 5.74. The first-order chi connectivity index (χ1) is 7.25. The highest BCUT2D eigenvalue weighted by Crippen LogP contribution is 2.15. The van der Waals surface area contributed by atoms with Crippen molar-refractivity contribution in [3.05, 3.63) is 30.1 Å². The van der Waals surface area contributed by atoms with Gasteiger partial charge in [0.05, 0.1) is 18.4 Å². The summed E-state index contributed by atoms with van der Waals surface area (Å²) >= 11 is 0. The third-order valence-electron chi connectivity index (χ3n) is 2.80. The molecule has 0 aromatic carbocycles. The van der Waals surface area contributed by atoms with Crippen LogP contribution in [0.15, 0.2) is 24.4 Å². The quantitative estimate of drug-likeness (QED) is 0.749. The summed E-state index contributed by atoms with van der Waals surface area (Å²) in [7, 11) is 0. The Hall–Kier alpha value is -0.930. The van der Waals surface area contributed by atoms with Crippen LogP contribution in [0, 0.1) is 0 Å². The molecule has 0 saturated carbocycles. The third kappa shape index (κ3) is 2.76. The fraction of sp³-hybridized carbons (Fsp3) is 0.583. The average molecular weight is 206 g/mol. The number of aromatic nitrogens is 1. The van der Waals surface area contributed by atoms with Crippen LogP contribution < -0.4 is 0 Å². The Morgan fingerprint density at radius 2 is 2.27 bits per heavy atom. The number of likely N-dealkylation sites (tertiary alicyclic amines) is 1. The van der Waals surface area contributed by atoms with E-state index in [0.29, 0.717) is 18.8 Å². The Balaban J connectivity index is 1.69. The normalized spacial score (nSPS) is 18.1. The summed E-state index contributed by atoms with van der Waals surface area (Å²) in [6, 6.07) is 6.55. The minimum Gasteiger partial charge on any atom is -0.369 e. The Morgan fingerprint density at radius 3 is 2.87 bits per heavy atom. The lowest BCUT2D eigenvalue weighted by atomic mass is 10.1. The molecule has 0 spiro atoms. The highest BCUT2D eigenvalue weighted by Gasteiger charge is 2.28. The van der Waals surface area contributed by atoms with Crippen LogP contribution in [-0.2, 0) is 11.3 Å². The van der Waals surface area contributed by atoms with E-state index in [2.05, 4.69) is 23.7 Å². The molecule has 15 heavy (non-hydrogen) atoms. The van der Waals surface area contributed by atoms with Crippen molar-refractivity contribution in [1.29, 1.82) is 0 Å². The van der Waals surface area contributed by atoms with Crippen LogP contribution in [0.1, 0.15) is 19.5 Å². The van der Waals surface area contributed by atoms with Gasteiger partial charge in [0.25, 0.3) is 0 Å². The van der Waals surface area contributed by atoms with E-state index < -0.39 is 0 Å². The summed E-state index contributed by atoms with van der Waals surface area (Å²) < 4.78 is 5.74. The first-order valence-corrected chi connectivity index (χ1v) is 5.51. The van der Waals surface area contributed by atoms with Crippen LogP contribution in [0.25, 0.3) is 0 Å². The van der Waals surface area contributed by atoms with Crippen LogP contribution in [0.3, 0.4) is 0 Å². The van der Waals surface area contributed by atoms with E-state index in [1.54, 1.807) is 6.20 Å². The number of hydrogen-bond acceptors (Lipinski definition) is 3. The lowest BCUT2D eigenvalue weighted by Crippen LogP contribution is -2.54. The first kappa shape index (κ1) is 10.6. The molecule has 1 aliphatic rings. The number of nitrogens with zero attached hydrogens (tertiary/aromatic N) is 2. The molecule has 3 heteroatoms.